The fourth-order valence-electron chi connectivity index (χ4n) is 6.07. The number of hydrogen-bond acceptors (Lipinski definition) is 5. The van der Waals surface area contributed by atoms with Crippen molar-refractivity contribution in [2.24, 2.45) is 17.8 Å². The summed E-state index contributed by atoms with van der Waals surface area (Å²) >= 11 is 0. The van der Waals surface area contributed by atoms with Crippen molar-refractivity contribution in [1.29, 1.82) is 0 Å². The van der Waals surface area contributed by atoms with E-state index in [1.807, 2.05) is 19.0 Å². The molecule has 3 aliphatic carbocycles. The van der Waals surface area contributed by atoms with Gasteiger partial charge in [0, 0.05) is 42.7 Å². The Morgan fingerprint density at radius 1 is 0.971 bits per heavy atom. The highest BCUT2D eigenvalue weighted by Gasteiger charge is 2.41. The van der Waals surface area contributed by atoms with Crippen molar-refractivity contribution < 1.29 is 8.78 Å². The van der Waals surface area contributed by atoms with Crippen LogP contribution in [0.1, 0.15) is 32.6 Å². The van der Waals surface area contributed by atoms with E-state index in [0.29, 0.717) is 62.6 Å². The number of rotatable bonds is 4. The van der Waals surface area contributed by atoms with Crippen molar-refractivity contribution in [1.82, 2.24) is 19.9 Å². The molecular formula is C26H28F2N6. The van der Waals surface area contributed by atoms with Gasteiger partial charge in [-0.05, 0) is 61.6 Å². The van der Waals surface area contributed by atoms with E-state index >= 15 is 0 Å². The Morgan fingerprint density at radius 2 is 1.71 bits per heavy atom. The molecule has 0 aliphatic heterocycles. The lowest BCUT2D eigenvalue weighted by Crippen LogP contribution is -2.47. The van der Waals surface area contributed by atoms with Crippen LogP contribution in [0.15, 0.2) is 30.6 Å². The summed E-state index contributed by atoms with van der Waals surface area (Å²) in [5.41, 5.74) is 2.56. The van der Waals surface area contributed by atoms with E-state index < -0.39 is 5.82 Å². The Morgan fingerprint density at radius 3 is 2.44 bits per heavy atom. The zero-order valence-electron chi connectivity index (χ0n) is 19.6. The number of fused-ring (bicyclic) bond motifs is 5. The zero-order valence-corrected chi connectivity index (χ0v) is 19.6. The molecule has 3 aromatic heterocycles. The van der Waals surface area contributed by atoms with Gasteiger partial charge in [-0.2, -0.15) is 0 Å². The Balaban J connectivity index is 1.56. The minimum absolute atomic E-state index is 0.284. The quantitative estimate of drug-likeness (QED) is 0.404. The summed E-state index contributed by atoms with van der Waals surface area (Å²) in [6.07, 6.45) is 7.94. The molecule has 8 heteroatoms. The predicted octanol–water partition coefficient (Wildman–Crippen LogP) is 5.75. The summed E-state index contributed by atoms with van der Waals surface area (Å²) in [6.45, 7) is 2.32. The first-order valence-electron chi connectivity index (χ1n) is 12.0. The first-order valence-corrected chi connectivity index (χ1v) is 12.0. The van der Waals surface area contributed by atoms with Gasteiger partial charge in [-0.15, -0.1) is 0 Å². The third kappa shape index (κ3) is 3.38. The average molecular weight is 463 g/mol. The largest absolute Gasteiger partial charge is 0.376 e. The van der Waals surface area contributed by atoms with Crippen LogP contribution < -0.4 is 10.2 Å². The van der Waals surface area contributed by atoms with Gasteiger partial charge in [0.1, 0.15) is 23.1 Å². The average Bonchev–Trinajstić information content (AvgIpc) is 3.24. The van der Waals surface area contributed by atoms with E-state index in [4.69, 9.17) is 9.97 Å². The Hall–Kier alpha value is -3.29. The third-order valence-corrected chi connectivity index (χ3v) is 7.90. The number of nitrogens with one attached hydrogen (secondary N) is 2. The van der Waals surface area contributed by atoms with Crippen LogP contribution in [0.5, 0.6) is 0 Å². The number of aromatic nitrogens is 4. The van der Waals surface area contributed by atoms with E-state index in [0.717, 1.165) is 0 Å². The lowest BCUT2D eigenvalue weighted by atomic mass is 9.62. The van der Waals surface area contributed by atoms with Crippen LogP contribution in [0.25, 0.3) is 33.3 Å². The number of aromatic amines is 1. The minimum atomic E-state index is -0.421. The first kappa shape index (κ1) is 21.3. The predicted molar refractivity (Wildman–Crippen MR) is 131 cm³/mol. The van der Waals surface area contributed by atoms with Crippen molar-refractivity contribution in [2.75, 3.05) is 24.3 Å². The summed E-state index contributed by atoms with van der Waals surface area (Å²) in [4.78, 5) is 18.8. The summed E-state index contributed by atoms with van der Waals surface area (Å²) in [5, 5.41) is 5.00. The molecule has 0 radical (unpaired) electrons. The van der Waals surface area contributed by atoms with Crippen molar-refractivity contribution >= 4 is 33.4 Å². The molecule has 34 heavy (non-hydrogen) atoms. The molecule has 176 valence electrons. The SMILES string of the molecule is CC1C2CCC(CC2)C1Nc1nc(-c2c[nH]c3ncc(F)cc23)nc2c(N(C)C)cc(F)cc12. The second-order valence-electron chi connectivity index (χ2n) is 10.1. The van der Waals surface area contributed by atoms with Crippen molar-refractivity contribution in [3.63, 3.8) is 0 Å². The second kappa shape index (κ2) is 7.89. The highest BCUT2D eigenvalue weighted by Crippen LogP contribution is 2.46. The molecule has 1 aromatic carbocycles. The highest BCUT2D eigenvalue weighted by atomic mass is 19.1. The number of hydrogen-bond donors (Lipinski definition) is 2. The minimum Gasteiger partial charge on any atom is -0.376 e. The van der Waals surface area contributed by atoms with Gasteiger partial charge in [-0.25, -0.2) is 23.7 Å². The van der Waals surface area contributed by atoms with E-state index in [9.17, 15) is 8.78 Å². The summed E-state index contributed by atoms with van der Waals surface area (Å²) in [5.74, 6) is 2.16. The number of halogens is 2. The van der Waals surface area contributed by atoms with Crippen LogP contribution in [0.3, 0.4) is 0 Å². The normalized spacial score (nSPS) is 24.1. The van der Waals surface area contributed by atoms with Crippen LogP contribution in [0, 0.1) is 29.4 Å². The van der Waals surface area contributed by atoms with Gasteiger partial charge in [0.15, 0.2) is 5.82 Å². The van der Waals surface area contributed by atoms with Crippen LogP contribution in [0.2, 0.25) is 0 Å². The maximum atomic E-state index is 14.7. The number of benzene rings is 1. The second-order valence-corrected chi connectivity index (χ2v) is 10.1. The Kier molecular flexibility index (Phi) is 4.93. The maximum Gasteiger partial charge on any atom is 0.164 e. The molecule has 0 saturated heterocycles. The fraction of sp³-hybridized carbons (Fsp3) is 0.423. The molecule has 2 atom stereocenters. The first-order chi connectivity index (χ1) is 16.4. The van der Waals surface area contributed by atoms with E-state index in [2.05, 4.69) is 22.2 Å². The van der Waals surface area contributed by atoms with Gasteiger partial charge in [0.25, 0.3) is 0 Å². The number of anilines is 2. The van der Waals surface area contributed by atoms with Gasteiger partial charge in [0.2, 0.25) is 0 Å². The van der Waals surface area contributed by atoms with Gasteiger partial charge in [0.05, 0.1) is 17.4 Å². The summed E-state index contributed by atoms with van der Waals surface area (Å²) < 4.78 is 28.7. The molecule has 0 amide bonds. The van der Waals surface area contributed by atoms with Crippen LogP contribution >= 0.6 is 0 Å². The highest BCUT2D eigenvalue weighted by molar-refractivity contribution is 6.00. The molecule has 3 fully saturated rings. The van der Waals surface area contributed by atoms with Gasteiger partial charge >= 0.3 is 0 Å². The maximum absolute atomic E-state index is 14.7. The lowest BCUT2D eigenvalue weighted by Gasteiger charge is -2.48. The van der Waals surface area contributed by atoms with Crippen molar-refractivity contribution in [2.45, 2.75) is 38.6 Å². The molecule has 2 unspecified atom stereocenters. The van der Waals surface area contributed by atoms with E-state index in [-0.39, 0.29) is 11.9 Å². The third-order valence-electron chi connectivity index (χ3n) is 7.90. The lowest BCUT2D eigenvalue weighted by molar-refractivity contribution is 0.0929. The van der Waals surface area contributed by atoms with Gasteiger partial charge in [-0.3, -0.25) is 0 Å². The molecule has 2 bridgehead atoms. The van der Waals surface area contributed by atoms with Crippen molar-refractivity contribution in [3.8, 4) is 11.4 Å². The molecule has 2 N–H and O–H groups in total. The zero-order chi connectivity index (χ0) is 23.6. The smallest absolute Gasteiger partial charge is 0.164 e. The summed E-state index contributed by atoms with van der Waals surface area (Å²) in [7, 11) is 3.74. The van der Waals surface area contributed by atoms with Crippen LogP contribution in [-0.4, -0.2) is 40.1 Å². The number of nitrogens with zero attached hydrogens (tertiary/aromatic N) is 4. The number of H-pyrrole nitrogens is 1. The van der Waals surface area contributed by atoms with Crippen LogP contribution in [0.4, 0.5) is 20.3 Å². The fourth-order valence-corrected chi connectivity index (χ4v) is 6.07. The molecule has 3 saturated carbocycles. The monoisotopic (exact) mass is 462 g/mol. The van der Waals surface area contributed by atoms with Crippen molar-refractivity contribution in [3.05, 3.63) is 42.2 Å². The van der Waals surface area contributed by atoms with Crippen LogP contribution in [-0.2, 0) is 0 Å². The molecule has 6 nitrogen and oxygen atoms in total. The standard InChI is InChI=1S/C26H28F2N6/c1-13-14-4-6-15(7-5-14)22(13)31-25-19-8-16(27)10-21(34(2)3)23(19)32-26(33-25)20-12-30-24-18(20)9-17(28)11-29-24/h8-15,22H,4-7H2,1-3H3,(H,29,30)(H,31,32,33). The topological polar surface area (TPSA) is 69.7 Å². The molecule has 3 aliphatic rings. The Labute approximate surface area is 196 Å². The molecule has 7 rings (SSSR count). The number of pyridine rings is 1. The summed E-state index contributed by atoms with van der Waals surface area (Å²) in [6, 6.07) is 4.72. The van der Waals surface area contributed by atoms with E-state index in [1.165, 1.54) is 50.1 Å². The molecular weight excluding hydrogens is 434 g/mol. The van der Waals surface area contributed by atoms with Gasteiger partial charge in [-0.1, -0.05) is 6.92 Å². The molecule has 4 aromatic rings. The molecule has 0 spiro atoms. The molecule has 3 heterocycles. The van der Waals surface area contributed by atoms with E-state index in [1.54, 1.807) is 6.20 Å². The van der Waals surface area contributed by atoms with Gasteiger partial charge < -0.3 is 15.2 Å². The Bertz CT molecular complexity index is 1390.